The fraction of sp³-hybridized carbons (Fsp3) is 0.222. The van der Waals surface area contributed by atoms with E-state index in [0.29, 0.717) is 26.9 Å². The minimum Gasteiger partial charge on any atom is -0.467 e. The largest absolute Gasteiger partial charge is 0.467 e. The summed E-state index contributed by atoms with van der Waals surface area (Å²) in [6.45, 7) is 1.65. The minimum atomic E-state index is -0.508. The molecule has 0 aliphatic carbocycles. The number of amides is 1. The van der Waals surface area contributed by atoms with Gasteiger partial charge >= 0.3 is 0 Å². The molecule has 1 amide bonds. The number of hydrazone groups is 1. The number of carbonyl (C=O) groups excluding carboxylic acids is 1. The first-order valence-corrected chi connectivity index (χ1v) is 8.49. The predicted octanol–water partition coefficient (Wildman–Crippen LogP) is 3.24. The third-order valence-corrected chi connectivity index (χ3v) is 4.03. The quantitative estimate of drug-likeness (QED) is 0.562. The minimum absolute atomic E-state index is 0.0770. The van der Waals surface area contributed by atoms with Crippen molar-refractivity contribution in [3.8, 4) is 11.9 Å². The Hall–Kier alpha value is -2.66. The van der Waals surface area contributed by atoms with Crippen molar-refractivity contribution in [3.63, 3.8) is 0 Å². The normalized spacial score (nSPS) is 10.6. The summed E-state index contributed by atoms with van der Waals surface area (Å²) in [6, 6.07) is 8.70. The second kappa shape index (κ2) is 9.88. The molecule has 2 rings (SSSR count). The highest BCUT2D eigenvalue weighted by Gasteiger charge is 2.14. The van der Waals surface area contributed by atoms with Gasteiger partial charge in [-0.15, -0.1) is 0 Å². The van der Waals surface area contributed by atoms with Crippen molar-refractivity contribution in [1.82, 2.24) is 10.4 Å². The van der Waals surface area contributed by atoms with Crippen molar-refractivity contribution >= 4 is 35.3 Å². The summed E-state index contributed by atoms with van der Waals surface area (Å²) in [4.78, 5) is 16.0. The number of nitriles is 1. The van der Waals surface area contributed by atoms with Gasteiger partial charge in [0.1, 0.15) is 11.6 Å². The number of benzene rings is 1. The third-order valence-electron chi connectivity index (χ3n) is 3.29. The van der Waals surface area contributed by atoms with E-state index in [2.05, 4.69) is 15.5 Å². The fourth-order valence-electron chi connectivity index (χ4n) is 2.14. The molecule has 0 aliphatic rings. The monoisotopic (exact) mass is 406 g/mol. The maximum absolute atomic E-state index is 11.9. The Morgan fingerprint density at radius 1 is 1.37 bits per heavy atom. The zero-order valence-electron chi connectivity index (χ0n) is 14.6. The Morgan fingerprint density at radius 2 is 2.15 bits per heavy atom. The van der Waals surface area contributed by atoms with Crippen LogP contribution in [0.1, 0.15) is 22.4 Å². The Balaban J connectivity index is 1.98. The molecule has 0 fully saturated rings. The number of methoxy groups -OCH3 is 1. The lowest BCUT2D eigenvalue weighted by Crippen LogP contribution is -2.25. The number of pyridine rings is 1. The summed E-state index contributed by atoms with van der Waals surface area (Å²) >= 11 is 11.7. The molecule has 140 valence electrons. The summed E-state index contributed by atoms with van der Waals surface area (Å²) in [5, 5.41) is 14.0. The van der Waals surface area contributed by atoms with Crippen molar-refractivity contribution in [1.29, 1.82) is 5.26 Å². The van der Waals surface area contributed by atoms with E-state index in [0.717, 1.165) is 0 Å². The van der Waals surface area contributed by atoms with Crippen LogP contribution in [0.2, 0.25) is 10.0 Å². The van der Waals surface area contributed by atoms with Gasteiger partial charge in [0, 0.05) is 18.4 Å². The summed E-state index contributed by atoms with van der Waals surface area (Å²) in [7, 11) is 1.52. The van der Waals surface area contributed by atoms with Crippen molar-refractivity contribution in [2.75, 3.05) is 13.7 Å². The molecule has 0 unspecified atom stereocenters. The Bertz CT molecular complexity index is 910. The van der Waals surface area contributed by atoms with Crippen LogP contribution < -0.4 is 10.2 Å². The summed E-state index contributed by atoms with van der Waals surface area (Å²) in [5.41, 5.74) is 4.51. The zero-order valence-corrected chi connectivity index (χ0v) is 16.1. The van der Waals surface area contributed by atoms with Crippen LogP contribution in [0.4, 0.5) is 0 Å². The zero-order chi connectivity index (χ0) is 19.8. The van der Waals surface area contributed by atoms with Crippen LogP contribution in [0.25, 0.3) is 0 Å². The molecule has 0 atom stereocenters. The van der Waals surface area contributed by atoms with Crippen LogP contribution in [0, 0.1) is 18.3 Å². The third kappa shape index (κ3) is 5.93. The molecule has 2 aromatic rings. The van der Waals surface area contributed by atoms with E-state index < -0.39 is 5.91 Å². The van der Waals surface area contributed by atoms with Crippen molar-refractivity contribution in [2.45, 2.75) is 13.5 Å². The topological polar surface area (TPSA) is 96.6 Å². The Morgan fingerprint density at radius 3 is 2.81 bits per heavy atom. The maximum Gasteiger partial charge on any atom is 0.278 e. The first-order chi connectivity index (χ1) is 12.9. The van der Waals surface area contributed by atoms with E-state index in [4.69, 9.17) is 32.7 Å². The van der Waals surface area contributed by atoms with E-state index in [9.17, 15) is 10.1 Å². The van der Waals surface area contributed by atoms with E-state index in [1.165, 1.54) is 13.3 Å². The van der Waals surface area contributed by atoms with Crippen LogP contribution in [-0.2, 0) is 16.1 Å². The van der Waals surface area contributed by atoms with Gasteiger partial charge in [-0.3, -0.25) is 4.79 Å². The summed E-state index contributed by atoms with van der Waals surface area (Å²) in [5.74, 6) is -0.431. The molecule has 0 aliphatic heterocycles. The van der Waals surface area contributed by atoms with Crippen molar-refractivity contribution < 1.29 is 14.3 Å². The number of halogens is 2. The van der Waals surface area contributed by atoms with E-state index in [1.54, 1.807) is 31.2 Å². The molecule has 0 radical (unpaired) electrons. The average molecular weight is 407 g/mol. The smallest absolute Gasteiger partial charge is 0.278 e. The molecule has 1 aromatic heterocycles. The molecule has 27 heavy (non-hydrogen) atoms. The van der Waals surface area contributed by atoms with Gasteiger partial charge in [-0.05, 0) is 30.7 Å². The highest BCUT2D eigenvalue weighted by atomic mass is 35.5. The lowest BCUT2D eigenvalue weighted by Gasteiger charge is -2.10. The molecule has 1 aromatic carbocycles. The number of ether oxygens (including phenoxy) is 2. The standard InChI is InChI=1S/C18H16Cl2N4O3/c1-11-5-13(9-26-2)14(7-21)18(23-11)27-10-17(25)24-22-8-12-3-4-15(19)16(20)6-12/h3-6,8H,9-10H2,1-2H3,(H,24,25)/b22-8-. The van der Waals surface area contributed by atoms with Crippen LogP contribution >= 0.6 is 23.2 Å². The lowest BCUT2D eigenvalue weighted by molar-refractivity contribution is -0.123. The Labute approximate surface area is 166 Å². The number of nitrogens with one attached hydrogen (secondary N) is 1. The summed E-state index contributed by atoms with van der Waals surface area (Å²) in [6.07, 6.45) is 1.42. The van der Waals surface area contributed by atoms with Crippen LogP contribution in [0.3, 0.4) is 0 Å². The van der Waals surface area contributed by atoms with Gasteiger partial charge in [0.2, 0.25) is 5.88 Å². The number of aryl methyl sites for hydroxylation is 1. The number of rotatable bonds is 7. The molecule has 0 bridgehead atoms. The average Bonchev–Trinajstić information content (AvgIpc) is 2.63. The number of nitrogens with zero attached hydrogens (tertiary/aromatic N) is 3. The SMILES string of the molecule is COCc1cc(C)nc(OCC(=O)N/N=C\c2ccc(Cl)c(Cl)c2)c1C#N. The molecule has 7 nitrogen and oxygen atoms in total. The van der Waals surface area contributed by atoms with Crippen molar-refractivity contribution in [3.05, 3.63) is 56.7 Å². The van der Waals surface area contributed by atoms with Gasteiger partial charge in [0.15, 0.2) is 6.61 Å². The van der Waals surface area contributed by atoms with Crippen molar-refractivity contribution in [2.24, 2.45) is 5.10 Å². The highest BCUT2D eigenvalue weighted by Crippen LogP contribution is 2.22. The van der Waals surface area contributed by atoms with Gasteiger partial charge in [0.05, 0.1) is 22.9 Å². The van der Waals surface area contributed by atoms with Gasteiger partial charge in [-0.25, -0.2) is 10.4 Å². The number of carbonyl (C=O) groups is 1. The van der Waals surface area contributed by atoms with Gasteiger partial charge in [-0.1, -0.05) is 29.3 Å². The van der Waals surface area contributed by atoms with Gasteiger partial charge in [-0.2, -0.15) is 10.4 Å². The molecular formula is C18H16Cl2N4O3. The second-order valence-electron chi connectivity index (χ2n) is 5.40. The summed E-state index contributed by atoms with van der Waals surface area (Å²) < 4.78 is 10.4. The highest BCUT2D eigenvalue weighted by molar-refractivity contribution is 6.42. The van der Waals surface area contributed by atoms with E-state index in [-0.39, 0.29) is 24.7 Å². The number of aromatic nitrogens is 1. The second-order valence-corrected chi connectivity index (χ2v) is 6.22. The van der Waals surface area contributed by atoms with E-state index >= 15 is 0 Å². The number of hydrogen-bond acceptors (Lipinski definition) is 6. The lowest BCUT2D eigenvalue weighted by atomic mass is 10.1. The molecule has 1 N–H and O–H groups in total. The molecule has 0 saturated carbocycles. The van der Waals surface area contributed by atoms with Crippen LogP contribution in [0.15, 0.2) is 29.4 Å². The first kappa shape index (κ1) is 20.6. The number of hydrogen-bond donors (Lipinski definition) is 1. The fourth-order valence-corrected chi connectivity index (χ4v) is 2.45. The predicted molar refractivity (Wildman–Crippen MR) is 102 cm³/mol. The van der Waals surface area contributed by atoms with Gasteiger partial charge < -0.3 is 9.47 Å². The molecule has 9 heteroatoms. The molecule has 0 spiro atoms. The maximum atomic E-state index is 11.9. The van der Waals surface area contributed by atoms with Crippen LogP contribution in [-0.4, -0.2) is 30.8 Å². The molecule has 1 heterocycles. The molecular weight excluding hydrogens is 391 g/mol. The molecule has 0 saturated heterocycles. The van der Waals surface area contributed by atoms with Crippen LogP contribution in [0.5, 0.6) is 5.88 Å². The Kier molecular flexibility index (Phi) is 7.55. The first-order valence-electron chi connectivity index (χ1n) is 7.74. The van der Waals surface area contributed by atoms with E-state index in [1.807, 2.05) is 6.07 Å². The van der Waals surface area contributed by atoms with Gasteiger partial charge in [0.25, 0.3) is 5.91 Å².